The van der Waals surface area contributed by atoms with E-state index in [0.29, 0.717) is 22.4 Å². The lowest BCUT2D eigenvalue weighted by Crippen LogP contribution is -2.46. The van der Waals surface area contributed by atoms with Crippen LogP contribution in [0, 0.1) is 11.3 Å². The summed E-state index contributed by atoms with van der Waals surface area (Å²) in [4.78, 5) is 11.2. The van der Waals surface area contributed by atoms with E-state index in [4.69, 9.17) is 10.00 Å². The maximum Gasteiger partial charge on any atom is 0.471 e. The van der Waals surface area contributed by atoms with Gasteiger partial charge in [-0.2, -0.15) is 18.4 Å². The first-order chi connectivity index (χ1) is 10.1. The fourth-order valence-corrected chi connectivity index (χ4v) is 2.32. The molecule has 2 rings (SSSR count). The van der Waals surface area contributed by atoms with Crippen molar-refractivity contribution in [1.29, 1.82) is 5.26 Å². The molecule has 1 amide bonds. The van der Waals surface area contributed by atoms with E-state index < -0.39 is 17.7 Å². The van der Waals surface area contributed by atoms with Gasteiger partial charge in [-0.25, -0.2) is 0 Å². The highest BCUT2D eigenvalue weighted by Gasteiger charge is 2.43. The van der Waals surface area contributed by atoms with Crippen LogP contribution in [0.1, 0.15) is 31.9 Å². The summed E-state index contributed by atoms with van der Waals surface area (Å²) in [5.74, 6) is -1.61. The summed E-state index contributed by atoms with van der Waals surface area (Å²) >= 11 is 0. The zero-order valence-corrected chi connectivity index (χ0v) is 12.1. The SMILES string of the molecule is CC1=C(NC(=O)C(F)(F)F)C(C)(C)Oc2ccc(C#N)cc21. The number of hydrogen-bond donors (Lipinski definition) is 1. The Morgan fingerprint density at radius 3 is 2.55 bits per heavy atom. The molecule has 0 atom stereocenters. The van der Waals surface area contributed by atoms with E-state index in [1.165, 1.54) is 6.07 Å². The van der Waals surface area contributed by atoms with Gasteiger partial charge in [0, 0.05) is 5.56 Å². The van der Waals surface area contributed by atoms with Gasteiger partial charge in [0.25, 0.3) is 0 Å². The predicted molar refractivity (Wildman–Crippen MR) is 72.7 cm³/mol. The first-order valence-corrected chi connectivity index (χ1v) is 6.39. The van der Waals surface area contributed by atoms with Crippen LogP contribution in [0.4, 0.5) is 13.2 Å². The summed E-state index contributed by atoms with van der Waals surface area (Å²) in [6.45, 7) is 4.70. The molecular weight excluding hydrogens is 297 g/mol. The molecule has 1 heterocycles. The summed E-state index contributed by atoms with van der Waals surface area (Å²) in [7, 11) is 0. The molecule has 0 aliphatic carbocycles. The molecule has 1 aromatic carbocycles. The van der Waals surface area contributed by atoms with E-state index in [1.54, 1.807) is 32.9 Å². The molecule has 1 aliphatic rings. The Labute approximate surface area is 125 Å². The van der Waals surface area contributed by atoms with Gasteiger partial charge in [0.1, 0.15) is 11.4 Å². The van der Waals surface area contributed by atoms with Crippen LogP contribution in [0.2, 0.25) is 0 Å². The van der Waals surface area contributed by atoms with Gasteiger partial charge >= 0.3 is 12.1 Å². The minimum Gasteiger partial charge on any atom is -0.481 e. The van der Waals surface area contributed by atoms with Gasteiger partial charge in [0.15, 0.2) is 0 Å². The van der Waals surface area contributed by atoms with Gasteiger partial charge < -0.3 is 10.1 Å². The third-order valence-electron chi connectivity index (χ3n) is 3.35. The van der Waals surface area contributed by atoms with Crippen molar-refractivity contribution in [1.82, 2.24) is 5.32 Å². The minimum atomic E-state index is -4.99. The van der Waals surface area contributed by atoms with Gasteiger partial charge in [0.2, 0.25) is 0 Å². The Morgan fingerprint density at radius 2 is 2.00 bits per heavy atom. The Hall–Kier alpha value is -2.49. The number of fused-ring (bicyclic) bond motifs is 1. The first-order valence-electron chi connectivity index (χ1n) is 6.39. The number of nitrogens with zero attached hydrogens (tertiary/aromatic N) is 1. The van der Waals surface area contributed by atoms with Crippen LogP contribution in [0.15, 0.2) is 23.9 Å². The van der Waals surface area contributed by atoms with E-state index >= 15 is 0 Å². The molecule has 7 heteroatoms. The van der Waals surface area contributed by atoms with Gasteiger partial charge in [-0.05, 0) is 44.5 Å². The summed E-state index contributed by atoms with van der Waals surface area (Å²) in [5, 5.41) is 10.8. The summed E-state index contributed by atoms with van der Waals surface area (Å²) in [6.07, 6.45) is -4.99. The molecule has 0 unspecified atom stereocenters. The summed E-state index contributed by atoms with van der Waals surface area (Å²) in [6, 6.07) is 6.61. The van der Waals surface area contributed by atoms with Crippen LogP contribution in [0.25, 0.3) is 5.57 Å². The number of halogens is 3. The first kappa shape index (κ1) is 15.9. The third-order valence-corrected chi connectivity index (χ3v) is 3.35. The van der Waals surface area contributed by atoms with Gasteiger partial charge in [-0.1, -0.05) is 0 Å². The van der Waals surface area contributed by atoms with Crippen molar-refractivity contribution in [2.45, 2.75) is 32.5 Å². The Morgan fingerprint density at radius 1 is 1.36 bits per heavy atom. The van der Waals surface area contributed by atoms with E-state index in [1.807, 2.05) is 11.4 Å². The molecule has 4 nitrogen and oxygen atoms in total. The van der Waals surface area contributed by atoms with Crippen molar-refractivity contribution in [3.05, 3.63) is 35.0 Å². The Bertz CT molecular complexity index is 712. The zero-order valence-electron chi connectivity index (χ0n) is 12.1. The topological polar surface area (TPSA) is 62.1 Å². The smallest absolute Gasteiger partial charge is 0.471 e. The largest absolute Gasteiger partial charge is 0.481 e. The number of hydrogen-bond acceptors (Lipinski definition) is 3. The van der Waals surface area contributed by atoms with E-state index in [2.05, 4.69) is 0 Å². The predicted octanol–water partition coefficient (Wildman–Crippen LogP) is 3.14. The normalized spacial score (nSPS) is 16.4. The molecule has 1 aromatic rings. The average Bonchev–Trinajstić information content (AvgIpc) is 2.41. The zero-order chi connectivity index (χ0) is 16.7. The van der Waals surface area contributed by atoms with E-state index in [9.17, 15) is 18.0 Å². The van der Waals surface area contributed by atoms with Crippen molar-refractivity contribution in [2.75, 3.05) is 0 Å². The highest BCUT2D eigenvalue weighted by molar-refractivity contribution is 5.87. The number of benzene rings is 1. The molecular formula is C15H13F3N2O2. The third kappa shape index (κ3) is 2.77. The number of amides is 1. The van der Waals surface area contributed by atoms with E-state index in [0.717, 1.165) is 0 Å². The number of alkyl halides is 3. The number of rotatable bonds is 1. The van der Waals surface area contributed by atoms with Gasteiger partial charge in [-0.15, -0.1) is 0 Å². The maximum atomic E-state index is 12.5. The summed E-state index contributed by atoms with van der Waals surface area (Å²) in [5.41, 5.74) is 0.156. The van der Waals surface area contributed by atoms with Crippen LogP contribution in [-0.4, -0.2) is 17.7 Å². The fraction of sp³-hybridized carbons (Fsp3) is 0.333. The van der Waals surface area contributed by atoms with Crippen LogP contribution >= 0.6 is 0 Å². The molecule has 0 saturated heterocycles. The van der Waals surface area contributed by atoms with Crippen molar-refractivity contribution < 1.29 is 22.7 Å². The highest BCUT2D eigenvalue weighted by atomic mass is 19.4. The molecule has 0 fully saturated rings. The summed E-state index contributed by atoms with van der Waals surface area (Å²) < 4.78 is 43.1. The van der Waals surface area contributed by atoms with Gasteiger partial charge in [0.05, 0.1) is 17.3 Å². The average molecular weight is 310 g/mol. The number of carbonyl (C=O) groups excluding carboxylic acids is 1. The lowest BCUT2D eigenvalue weighted by Gasteiger charge is -2.36. The maximum absolute atomic E-state index is 12.5. The molecule has 116 valence electrons. The number of allylic oxidation sites excluding steroid dienone is 1. The lowest BCUT2D eigenvalue weighted by molar-refractivity contribution is -0.173. The van der Waals surface area contributed by atoms with Crippen molar-refractivity contribution >= 4 is 11.5 Å². The molecule has 0 spiro atoms. The van der Waals surface area contributed by atoms with E-state index in [-0.39, 0.29) is 5.70 Å². The molecule has 0 aromatic heterocycles. The highest BCUT2D eigenvalue weighted by Crippen LogP contribution is 2.40. The molecule has 1 N–H and O–H groups in total. The number of ether oxygens (including phenoxy) is 1. The van der Waals surface area contributed by atoms with Crippen molar-refractivity contribution in [3.63, 3.8) is 0 Å². The second kappa shape index (κ2) is 5.05. The monoisotopic (exact) mass is 310 g/mol. The standard InChI is InChI=1S/C15H13F3N2O2/c1-8-10-6-9(7-19)4-5-11(10)22-14(2,3)12(8)20-13(21)15(16,17)18/h4-6H,1-3H3,(H,20,21). The number of nitrogens with one attached hydrogen (secondary N) is 1. The van der Waals surface area contributed by atoms with Crippen LogP contribution in [-0.2, 0) is 4.79 Å². The van der Waals surface area contributed by atoms with Crippen LogP contribution < -0.4 is 10.1 Å². The number of nitriles is 1. The quantitative estimate of drug-likeness (QED) is 0.867. The Balaban J connectivity index is 2.53. The molecule has 0 bridgehead atoms. The Kier molecular flexibility index (Phi) is 3.65. The van der Waals surface area contributed by atoms with Crippen molar-refractivity contribution in [2.24, 2.45) is 0 Å². The van der Waals surface area contributed by atoms with Crippen molar-refractivity contribution in [3.8, 4) is 11.8 Å². The molecule has 0 radical (unpaired) electrons. The van der Waals surface area contributed by atoms with Crippen LogP contribution in [0.3, 0.4) is 0 Å². The molecule has 22 heavy (non-hydrogen) atoms. The lowest BCUT2D eigenvalue weighted by atomic mass is 9.91. The molecule has 1 aliphatic heterocycles. The number of carbonyl (C=O) groups is 1. The van der Waals surface area contributed by atoms with Gasteiger partial charge in [-0.3, -0.25) is 4.79 Å². The second-order valence-electron chi connectivity index (χ2n) is 5.39. The fourth-order valence-electron chi connectivity index (χ4n) is 2.32. The minimum absolute atomic E-state index is 0.0254. The molecule has 0 saturated carbocycles. The second-order valence-corrected chi connectivity index (χ2v) is 5.39. The van der Waals surface area contributed by atoms with Crippen LogP contribution in [0.5, 0.6) is 5.75 Å².